The Hall–Kier alpha value is -4.67. The highest BCUT2D eigenvalue weighted by Gasteiger charge is 2.41. The molecule has 8 nitrogen and oxygen atoms in total. The first kappa shape index (κ1) is 26.9. The topological polar surface area (TPSA) is 93.0 Å². The summed E-state index contributed by atoms with van der Waals surface area (Å²) in [6, 6.07) is 29.2. The van der Waals surface area contributed by atoms with Crippen LogP contribution in [0.25, 0.3) is 6.08 Å². The molecule has 5 rings (SSSR count). The van der Waals surface area contributed by atoms with Crippen molar-refractivity contribution in [1.82, 2.24) is 0 Å². The number of halogens is 1. The molecule has 198 valence electrons. The van der Waals surface area contributed by atoms with Crippen molar-refractivity contribution in [3.63, 3.8) is 0 Å². The molecule has 0 radical (unpaired) electrons. The fourth-order valence-corrected chi connectivity index (χ4v) is 5.04. The third-order valence-electron chi connectivity index (χ3n) is 6.06. The van der Waals surface area contributed by atoms with Crippen LogP contribution in [0.2, 0.25) is 0 Å². The van der Waals surface area contributed by atoms with Gasteiger partial charge in [-0.25, -0.2) is 0 Å². The van der Waals surface area contributed by atoms with E-state index in [4.69, 9.17) is 17.0 Å². The van der Waals surface area contributed by atoms with Gasteiger partial charge in [0.2, 0.25) is 0 Å². The normalized spacial score (nSPS) is 13.4. The van der Waals surface area contributed by atoms with E-state index < -0.39 is 16.7 Å². The monoisotopic (exact) mass is 613 g/mol. The fraction of sp³-hybridized carbons (Fsp3) is 0.0333. The third kappa shape index (κ3) is 5.54. The van der Waals surface area contributed by atoms with Crippen LogP contribution in [-0.4, -0.2) is 21.9 Å². The number of anilines is 2. The lowest BCUT2D eigenvalue weighted by atomic mass is 10.0. The molecule has 40 heavy (non-hydrogen) atoms. The van der Waals surface area contributed by atoms with Gasteiger partial charge >= 0.3 is 0 Å². The van der Waals surface area contributed by atoms with Crippen LogP contribution >= 0.6 is 28.1 Å². The zero-order valence-corrected chi connectivity index (χ0v) is 23.2. The first-order valence-corrected chi connectivity index (χ1v) is 13.2. The van der Waals surface area contributed by atoms with Crippen LogP contribution in [0.5, 0.6) is 5.75 Å². The summed E-state index contributed by atoms with van der Waals surface area (Å²) in [5, 5.41) is 11.1. The standard InChI is InChI=1S/C30H20BrN3O5S/c31-26-18-20(14-15-27(26)39-19-21-8-7-13-24(16-21)34(37)38)17-25-28(35)32(22-9-3-1-4-10-22)30(40)33(29(25)36)23-11-5-2-6-12-23/h1-18H,19H2. The van der Waals surface area contributed by atoms with Gasteiger partial charge in [0.15, 0.2) is 5.11 Å². The number of carbonyl (C=O) groups is 2. The molecule has 1 fully saturated rings. The van der Waals surface area contributed by atoms with E-state index in [1.807, 2.05) is 12.1 Å². The molecule has 0 saturated carbocycles. The lowest BCUT2D eigenvalue weighted by molar-refractivity contribution is -0.384. The van der Waals surface area contributed by atoms with Gasteiger partial charge < -0.3 is 4.74 Å². The van der Waals surface area contributed by atoms with E-state index in [1.54, 1.807) is 78.9 Å². The minimum atomic E-state index is -0.532. The number of thiocarbonyl (C=S) groups is 1. The molecule has 1 heterocycles. The SMILES string of the molecule is O=C1C(=Cc2ccc(OCc3cccc([N+](=O)[O-])c3)c(Br)c2)C(=O)N(c2ccccc2)C(=S)N1c1ccccc1. The number of hydrogen-bond acceptors (Lipinski definition) is 6. The molecule has 0 bridgehead atoms. The molecule has 0 aliphatic carbocycles. The molecule has 0 spiro atoms. The average molecular weight is 614 g/mol. The summed E-state index contributed by atoms with van der Waals surface area (Å²) in [5.41, 5.74) is 2.24. The van der Waals surface area contributed by atoms with Gasteiger partial charge in [0.05, 0.1) is 20.8 Å². The number of carbonyl (C=O) groups excluding carboxylic acids is 2. The number of hydrogen-bond donors (Lipinski definition) is 0. The van der Waals surface area contributed by atoms with Gasteiger partial charge in [-0.1, -0.05) is 54.6 Å². The Morgan fingerprint density at radius 3 is 1.98 bits per heavy atom. The number of nitro groups is 1. The first-order valence-electron chi connectivity index (χ1n) is 12.0. The summed E-state index contributed by atoms with van der Waals surface area (Å²) < 4.78 is 6.43. The maximum atomic E-state index is 13.7. The maximum Gasteiger partial charge on any atom is 0.270 e. The first-order chi connectivity index (χ1) is 19.3. The molecule has 1 aliphatic rings. The second-order valence-electron chi connectivity index (χ2n) is 8.70. The number of nitrogens with zero attached hydrogens (tertiary/aromatic N) is 3. The predicted molar refractivity (Wildman–Crippen MR) is 160 cm³/mol. The number of benzene rings is 4. The summed E-state index contributed by atoms with van der Waals surface area (Å²) in [6.45, 7) is 0.118. The highest BCUT2D eigenvalue weighted by Crippen LogP contribution is 2.32. The highest BCUT2D eigenvalue weighted by atomic mass is 79.9. The summed E-state index contributed by atoms with van der Waals surface area (Å²) >= 11 is 9.12. The van der Waals surface area contributed by atoms with E-state index in [0.29, 0.717) is 32.7 Å². The predicted octanol–water partition coefficient (Wildman–Crippen LogP) is 6.68. The van der Waals surface area contributed by atoms with Gasteiger partial charge in [-0.05, 0) is 81.7 Å². The van der Waals surface area contributed by atoms with Crippen molar-refractivity contribution >= 4 is 68.2 Å². The highest BCUT2D eigenvalue weighted by molar-refractivity contribution is 9.10. The van der Waals surface area contributed by atoms with Crippen molar-refractivity contribution in [1.29, 1.82) is 0 Å². The summed E-state index contributed by atoms with van der Waals surface area (Å²) in [7, 11) is 0. The molecule has 0 atom stereocenters. The largest absolute Gasteiger partial charge is 0.488 e. The second-order valence-corrected chi connectivity index (χ2v) is 9.92. The Bertz CT molecular complexity index is 1600. The lowest BCUT2D eigenvalue weighted by Gasteiger charge is -2.36. The molecule has 0 N–H and O–H groups in total. The Morgan fingerprint density at radius 1 is 0.825 bits per heavy atom. The van der Waals surface area contributed by atoms with Gasteiger partial charge in [-0.2, -0.15) is 0 Å². The molecule has 0 unspecified atom stereocenters. The zero-order valence-electron chi connectivity index (χ0n) is 20.8. The molecule has 4 aromatic carbocycles. The molecular formula is C30H20BrN3O5S. The van der Waals surface area contributed by atoms with Crippen molar-refractivity contribution in [2.24, 2.45) is 0 Å². The fourth-order valence-electron chi connectivity index (χ4n) is 4.15. The van der Waals surface area contributed by atoms with E-state index >= 15 is 0 Å². The zero-order chi connectivity index (χ0) is 28.2. The van der Waals surface area contributed by atoms with Gasteiger partial charge in [0.1, 0.15) is 17.9 Å². The van der Waals surface area contributed by atoms with Gasteiger partial charge in [0.25, 0.3) is 17.5 Å². The number of nitro benzene ring substituents is 1. The number of rotatable bonds is 7. The molecule has 4 aromatic rings. The summed E-state index contributed by atoms with van der Waals surface area (Å²) in [5.74, 6) is -0.570. The summed E-state index contributed by atoms with van der Waals surface area (Å²) in [4.78, 5) is 40.6. The molecular weight excluding hydrogens is 594 g/mol. The second kappa shape index (κ2) is 11.6. The molecule has 1 aliphatic heterocycles. The quantitative estimate of drug-likeness (QED) is 0.0758. The third-order valence-corrected chi connectivity index (χ3v) is 7.05. The number of para-hydroxylation sites is 2. The van der Waals surface area contributed by atoms with Crippen molar-refractivity contribution in [2.45, 2.75) is 6.61 Å². The van der Waals surface area contributed by atoms with Crippen LogP contribution in [0.15, 0.2) is 113 Å². The molecule has 1 saturated heterocycles. The maximum absolute atomic E-state index is 13.7. The Kier molecular flexibility index (Phi) is 7.81. The van der Waals surface area contributed by atoms with Crippen LogP contribution in [0, 0.1) is 10.1 Å². The number of non-ortho nitro benzene ring substituents is 1. The number of amides is 2. The number of ether oxygens (including phenoxy) is 1. The van der Waals surface area contributed by atoms with Crippen molar-refractivity contribution < 1.29 is 19.2 Å². The van der Waals surface area contributed by atoms with Gasteiger partial charge in [-0.15, -0.1) is 0 Å². The van der Waals surface area contributed by atoms with E-state index in [0.717, 1.165) is 0 Å². The van der Waals surface area contributed by atoms with E-state index in [9.17, 15) is 19.7 Å². The van der Waals surface area contributed by atoms with Gasteiger partial charge in [0, 0.05) is 12.1 Å². The molecule has 10 heteroatoms. The van der Waals surface area contributed by atoms with Crippen molar-refractivity contribution in [3.8, 4) is 5.75 Å². The Morgan fingerprint density at radius 2 is 1.43 bits per heavy atom. The van der Waals surface area contributed by atoms with Crippen LogP contribution in [0.1, 0.15) is 11.1 Å². The molecule has 0 aromatic heterocycles. The smallest absolute Gasteiger partial charge is 0.270 e. The minimum absolute atomic E-state index is 0.0162. The lowest BCUT2D eigenvalue weighted by Crippen LogP contribution is -2.56. The van der Waals surface area contributed by atoms with Gasteiger partial charge in [-0.3, -0.25) is 29.5 Å². The molecule has 2 amide bonds. The van der Waals surface area contributed by atoms with E-state index in [1.165, 1.54) is 28.0 Å². The average Bonchev–Trinajstić information content (AvgIpc) is 2.96. The van der Waals surface area contributed by atoms with Crippen molar-refractivity contribution in [3.05, 3.63) is 134 Å². The van der Waals surface area contributed by atoms with Crippen LogP contribution < -0.4 is 14.5 Å². The minimum Gasteiger partial charge on any atom is -0.488 e. The summed E-state index contributed by atoms with van der Waals surface area (Å²) in [6.07, 6.45) is 1.52. The van der Waals surface area contributed by atoms with E-state index in [2.05, 4.69) is 15.9 Å². The Labute approximate surface area is 243 Å². The van der Waals surface area contributed by atoms with Crippen molar-refractivity contribution in [2.75, 3.05) is 9.80 Å². The van der Waals surface area contributed by atoms with Crippen LogP contribution in [-0.2, 0) is 16.2 Å². The van der Waals surface area contributed by atoms with Crippen LogP contribution in [0.4, 0.5) is 17.1 Å². The van der Waals surface area contributed by atoms with Crippen LogP contribution in [0.3, 0.4) is 0 Å². The van der Waals surface area contributed by atoms with E-state index in [-0.39, 0.29) is 23.0 Å². The Balaban J connectivity index is 1.46.